The zero-order chi connectivity index (χ0) is 21.8. The monoisotopic (exact) mass is 432 g/mol. The number of nitrogens with zero attached hydrogens (tertiary/aromatic N) is 8. The first-order chi connectivity index (χ1) is 14.1. The average Bonchev–Trinajstić information content (AvgIpc) is 3.36. The quantitative estimate of drug-likeness (QED) is 0.422. The molecule has 0 saturated heterocycles. The van der Waals surface area contributed by atoms with Crippen LogP contribution in [0.1, 0.15) is 6.42 Å². The summed E-state index contributed by atoms with van der Waals surface area (Å²) in [4.78, 5) is 13.3. The molecule has 0 aliphatic heterocycles. The number of anilines is 1. The Morgan fingerprint density at radius 1 is 1.00 bits per heavy atom. The summed E-state index contributed by atoms with van der Waals surface area (Å²) in [6.45, 7) is -1.09. The van der Waals surface area contributed by atoms with Crippen LogP contribution in [0.25, 0.3) is 11.6 Å². The molecule has 3 rings (SSSR count). The lowest BCUT2D eigenvalue weighted by molar-refractivity contribution is -0.132. The lowest BCUT2D eigenvalue weighted by atomic mass is 10.3. The van der Waals surface area contributed by atoms with Crippen molar-refractivity contribution in [3.05, 3.63) is 49.7 Å². The molecule has 0 saturated carbocycles. The average molecular weight is 432 g/mol. The van der Waals surface area contributed by atoms with Crippen molar-refractivity contribution in [2.75, 3.05) is 18.0 Å². The number of rotatable bonds is 7. The SMILES string of the molecule is FC(F)(F)C=CCN(CCC(F)(F)F)c1nc(-n2ccnc2)ncc1-n1cnnc1. The molecule has 0 spiro atoms. The van der Waals surface area contributed by atoms with Crippen molar-refractivity contribution in [3.63, 3.8) is 0 Å². The van der Waals surface area contributed by atoms with Crippen molar-refractivity contribution in [1.82, 2.24) is 34.3 Å². The van der Waals surface area contributed by atoms with Crippen molar-refractivity contribution in [2.24, 2.45) is 0 Å². The number of hydrogen-bond acceptors (Lipinski definition) is 6. The van der Waals surface area contributed by atoms with E-state index in [1.54, 1.807) is 0 Å². The van der Waals surface area contributed by atoms with E-state index in [0.29, 0.717) is 0 Å². The van der Waals surface area contributed by atoms with Crippen molar-refractivity contribution in [2.45, 2.75) is 18.8 Å². The Morgan fingerprint density at radius 2 is 1.73 bits per heavy atom. The van der Waals surface area contributed by atoms with Gasteiger partial charge in [-0.3, -0.25) is 9.13 Å². The molecule has 3 heterocycles. The van der Waals surface area contributed by atoms with E-state index in [1.807, 2.05) is 0 Å². The number of allylic oxidation sites excluding steroid dienone is 1. The van der Waals surface area contributed by atoms with Crippen LogP contribution >= 0.6 is 0 Å². The molecule has 0 aromatic carbocycles. The summed E-state index contributed by atoms with van der Waals surface area (Å²) in [7, 11) is 0. The highest BCUT2D eigenvalue weighted by Crippen LogP contribution is 2.26. The molecule has 0 aliphatic rings. The smallest absolute Gasteiger partial charge is 0.351 e. The zero-order valence-corrected chi connectivity index (χ0v) is 15.1. The van der Waals surface area contributed by atoms with Crippen molar-refractivity contribution >= 4 is 5.82 Å². The lowest BCUT2D eigenvalue weighted by Crippen LogP contribution is -2.30. The van der Waals surface area contributed by atoms with Crippen LogP contribution in [0.3, 0.4) is 0 Å². The molecule has 0 atom stereocenters. The molecule has 0 bridgehead atoms. The van der Waals surface area contributed by atoms with Crippen LogP contribution in [0.5, 0.6) is 0 Å². The summed E-state index contributed by atoms with van der Waals surface area (Å²) in [5.74, 6) is 0.0562. The topological polar surface area (TPSA) is 77.5 Å². The van der Waals surface area contributed by atoms with E-state index in [9.17, 15) is 26.3 Å². The molecule has 0 unspecified atom stereocenters. The van der Waals surface area contributed by atoms with E-state index < -0.39 is 31.9 Å². The number of halogens is 6. The maximum absolute atomic E-state index is 12.8. The van der Waals surface area contributed by atoms with Gasteiger partial charge in [0.25, 0.3) is 0 Å². The number of imidazole rings is 1. The maximum Gasteiger partial charge on any atom is 0.409 e. The van der Waals surface area contributed by atoms with Crippen LogP contribution in [0.2, 0.25) is 0 Å². The van der Waals surface area contributed by atoms with E-state index in [-0.39, 0.29) is 23.5 Å². The fraction of sp³-hybridized carbons (Fsp3) is 0.312. The minimum Gasteiger partial charge on any atom is -0.351 e. The Balaban J connectivity index is 2.03. The van der Waals surface area contributed by atoms with Gasteiger partial charge in [0.2, 0.25) is 5.95 Å². The minimum atomic E-state index is -4.60. The van der Waals surface area contributed by atoms with Gasteiger partial charge in [0, 0.05) is 31.6 Å². The minimum absolute atomic E-state index is 0.0235. The Bertz CT molecular complexity index is 963. The van der Waals surface area contributed by atoms with Crippen LogP contribution in [0.4, 0.5) is 32.2 Å². The standard InChI is InChI=1S/C16H14F6N8/c17-15(18,19)2-1-5-28(6-3-16(20,21)22)13-12(30-10-25-26-11-30)8-24-14(27-13)29-7-4-23-9-29/h1-2,4,7-11H,3,5-6H2. The fourth-order valence-corrected chi connectivity index (χ4v) is 2.46. The molecular weight excluding hydrogens is 418 g/mol. The van der Waals surface area contributed by atoms with E-state index >= 15 is 0 Å². The molecule has 8 nitrogen and oxygen atoms in total. The Kier molecular flexibility index (Phi) is 6.03. The molecule has 0 radical (unpaired) electrons. The van der Waals surface area contributed by atoms with Crippen molar-refractivity contribution in [1.29, 1.82) is 0 Å². The number of hydrogen-bond donors (Lipinski definition) is 0. The van der Waals surface area contributed by atoms with E-state index in [2.05, 4.69) is 25.1 Å². The first-order valence-corrected chi connectivity index (χ1v) is 8.39. The number of alkyl halides is 6. The summed E-state index contributed by atoms with van der Waals surface area (Å²) in [5, 5.41) is 7.26. The van der Waals surface area contributed by atoms with Gasteiger partial charge in [-0.25, -0.2) is 9.97 Å². The van der Waals surface area contributed by atoms with E-state index in [0.717, 1.165) is 11.0 Å². The molecule has 14 heteroatoms. The highest BCUT2D eigenvalue weighted by molar-refractivity contribution is 5.58. The van der Waals surface area contributed by atoms with Gasteiger partial charge in [0.15, 0.2) is 5.82 Å². The van der Waals surface area contributed by atoms with Gasteiger partial charge in [0.1, 0.15) is 24.7 Å². The predicted octanol–water partition coefficient (Wildman–Crippen LogP) is 3.12. The predicted molar refractivity (Wildman–Crippen MR) is 92.2 cm³/mol. The largest absolute Gasteiger partial charge is 0.409 e. The Morgan fingerprint density at radius 3 is 2.33 bits per heavy atom. The normalized spacial score (nSPS) is 12.6. The molecule has 0 fully saturated rings. The van der Waals surface area contributed by atoms with Gasteiger partial charge in [-0.15, -0.1) is 10.2 Å². The molecule has 3 aromatic heterocycles. The molecule has 3 aromatic rings. The van der Waals surface area contributed by atoms with Gasteiger partial charge in [-0.05, 0) is 0 Å². The molecular formula is C16H14F6N8. The van der Waals surface area contributed by atoms with Gasteiger partial charge in [-0.1, -0.05) is 6.08 Å². The van der Waals surface area contributed by atoms with Crippen LogP contribution in [0.15, 0.2) is 49.7 Å². The van der Waals surface area contributed by atoms with Crippen LogP contribution in [-0.4, -0.2) is 59.7 Å². The Labute approximate surface area is 165 Å². The second-order valence-electron chi connectivity index (χ2n) is 5.97. The van der Waals surface area contributed by atoms with Crippen LogP contribution in [0, 0.1) is 0 Å². The molecule has 0 aliphatic carbocycles. The van der Waals surface area contributed by atoms with Gasteiger partial charge >= 0.3 is 12.4 Å². The molecule has 30 heavy (non-hydrogen) atoms. The highest BCUT2D eigenvalue weighted by atomic mass is 19.4. The highest BCUT2D eigenvalue weighted by Gasteiger charge is 2.29. The maximum atomic E-state index is 12.8. The second-order valence-corrected chi connectivity index (χ2v) is 5.97. The Hall–Kier alpha value is -3.45. The second kappa shape index (κ2) is 8.51. The lowest BCUT2D eigenvalue weighted by Gasteiger charge is -2.25. The first-order valence-electron chi connectivity index (χ1n) is 8.39. The van der Waals surface area contributed by atoms with E-state index in [4.69, 9.17) is 0 Å². The molecule has 160 valence electrons. The first kappa shape index (κ1) is 21.3. The summed E-state index contributed by atoms with van der Waals surface area (Å²) < 4.78 is 78.7. The van der Waals surface area contributed by atoms with Gasteiger partial charge in [-0.2, -0.15) is 31.3 Å². The summed E-state index contributed by atoms with van der Waals surface area (Å²) in [6.07, 6.45) is -1.47. The molecule has 0 amide bonds. The van der Waals surface area contributed by atoms with Gasteiger partial charge < -0.3 is 4.90 Å². The third-order valence-electron chi connectivity index (χ3n) is 3.77. The van der Waals surface area contributed by atoms with Crippen molar-refractivity contribution in [3.8, 4) is 11.6 Å². The summed E-state index contributed by atoms with van der Waals surface area (Å²) in [5.41, 5.74) is 0.200. The fourth-order valence-electron chi connectivity index (χ4n) is 2.46. The third kappa shape index (κ3) is 5.78. The van der Waals surface area contributed by atoms with Crippen LogP contribution < -0.4 is 4.90 Å². The summed E-state index contributed by atoms with van der Waals surface area (Å²) >= 11 is 0. The van der Waals surface area contributed by atoms with Crippen LogP contribution in [-0.2, 0) is 0 Å². The third-order valence-corrected chi connectivity index (χ3v) is 3.77. The van der Waals surface area contributed by atoms with Gasteiger partial charge in [0.05, 0.1) is 12.6 Å². The zero-order valence-electron chi connectivity index (χ0n) is 15.1. The number of aromatic nitrogens is 7. The molecule has 0 N–H and O–H groups in total. The van der Waals surface area contributed by atoms with E-state index in [1.165, 1.54) is 46.7 Å². The van der Waals surface area contributed by atoms with Crippen molar-refractivity contribution < 1.29 is 26.3 Å². The summed E-state index contributed by atoms with van der Waals surface area (Å²) in [6, 6.07) is 0.